The lowest BCUT2D eigenvalue weighted by atomic mass is 9.66. The Morgan fingerprint density at radius 3 is 2.52 bits per heavy atom. The second-order valence-corrected chi connectivity index (χ2v) is 7.71. The Morgan fingerprint density at radius 1 is 1.32 bits per heavy atom. The summed E-state index contributed by atoms with van der Waals surface area (Å²) in [5.41, 5.74) is 5.57. The molecule has 25 heavy (non-hydrogen) atoms. The number of nitrogens with one attached hydrogen (secondary N) is 1. The molecule has 5 N–H and O–H groups in total. The molecule has 0 saturated heterocycles. The average molecular weight is 358 g/mol. The Balaban J connectivity index is 2.51. The monoisotopic (exact) mass is 358 g/mol. The zero-order valence-electron chi connectivity index (χ0n) is 15.2. The van der Waals surface area contributed by atoms with Crippen molar-refractivity contribution < 1.29 is 29.3 Å². The second-order valence-electron chi connectivity index (χ2n) is 7.71. The van der Waals surface area contributed by atoms with E-state index in [0.29, 0.717) is 18.4 Å². The highest BCUT2D eigenvalue weighted by Crippen LogP contribution is 2.42. The van der Waals surface area contributed by atoms with Crippen LogP contribution in [0.1, 0.15) is 46.5 Å². The molecule has 1 saturated carbocycles. The molecule has 1 fully saturated rings. The summed E-state index contributed by atoms with van der Waals surface area (Å²) < 4.78 is 5.59. The van der Waals surface area contributed by atoms with Gasteiger partial charge in [0.05, 0.1) is 25.7 Å². The van der Waals surface area contributed by atoms with E-state index in [-0.39, 0.29) is 12.0 Å². The minimum atomic E-state index is -1.29. The quantitative estimate of drug-likeness (QED) is 0.479. The molecule has 8 nitrogen and oxygen atoms in total. The molecule has 2 unspecified atom stereocenters. The maximum absolute atomic E-state index is 11.8. The van der Waals surface area contributed by atoms with E-state index in [4.69, 9.17) is 15.6 Å². The highest BCUT2D eigenvalue weighted by molar-refractivity contribution is 5.89. The molecule has 0 spiro atoms. The van der Waals surface area contributed by atoms with Crippen LogP contribution in [0.25, 0.3) is 0 Å². The van der Waals surface area contributed by atoms with Crippen LogP contribution in [0.4, 0.5) is 0 Å². The highest BCUT2D eigenvalue weighted by Gasteiger charge is 2.35. The SMILES string of the molecule is CC1CCC(C)(C)C(COC[C@H](NC(=O)[C@@H](N)CC(=O)O)C(=O)O)C1. The first-order valence-electron chi connectivity index (χ1n) is 8.61. The van der Waals surface area contributed by atoms with E-state index in [1.807, 2.05) is 0 Å². The summed E-state index contributed by atoms with van der Waals surface area (Å²) in [7, 11) is 0. The molecule has 1 amide bonds. The van der Waals surface area contributed by atoms with Gasteiger partial charge in [0.25, 0.3) is 0 Å². The third-order valence-corrected chi connectivity index (χ3v) is 5.02. The van der Waals surface area contributed by atoms with Crippen molar-refractivity contribution >= 4 is 17.8 Å². The molecule has 0 aromatic rings. The maximum atomic E-state index is 11.8. The average Bonchev–Trinajstić information content (AvgIpc) is 2.48. The first kappa shape index (κ1) is 21.4. The van der Waals surface area contributed by atoms with Crippen LogP contribution >= 0.6 is 0 Å². The zero-order chi connectivity index (χ0) is 19.2. The number of hydrogen-bond acceptors (Lipinski definition) is 5. The number of nitrogens with two attached hydrogens (primary N) is 1. The summed E-state index contributed by atoms with van der Waals surface area (Å²) in [5, 5.41) is 20.1. The van der Waals surface area contributed by atoms with Gasteiger partial charge in [-0.3, -0.25) is 9.59 Å². The summed E-state index contributed by atoms with van der Waals surface area (Å²) in [6.07, 6.45) is 2.75. The van der Waals surface area contributed by atoms with E-state index in [2.05, 4.69) is 26.1 Å². The summed E-state index contributed by atoms with van der Waals surface area (Å²) in [6, 6.07) is -2.55. The smallest absolute Gasteiger partial charge is 0.328 e. The Morgan fingerprint density at radius 2 is 1.96 bits per heavy atom. The van der Waals surface area contributed by atoms with Crippen LogP contribution in [0.5, 0.6) is 0 Å². The van der Waals surface area contributed by atoms with E-state index < -0.39 is 36.4 Å². The molecular weight excluding hydrogens is 328 g/mol. The van der Waals surface area contributed by atoms with Crippen molar-refractivity contribution in [3.05, 3.63) is 0 Å². The first-order valence-corrected chi connectivity index (χ1v) is 8.61. The number of amides is 1. The van der Waals surface area contributed by atoms with Crippen LogP contribution in [0.3, 0.4) is 0 Å². The number of carboxylic acid groups (broad SMARTS) is 2. The molecule has 0 radical (unpaired) electrons. The Hall–Kier alpha value is -1.67. The maximum Gasteiger partial charge on any atom is 0.328 e. The van der Waals surface area contributed by atoms with Gasteiger partial charge >= 0.3 is 11.9 Å². The first-order chi connectivity index (χ1) is 11.5. The van der Waals surface area contributed by atoms with Crippen LogP contribution in [-0.4, -0.2) is 53.4 Å². The van der Waals surface area contributed by atoms with Gasteiger partial charge in [-0.25, -0.2) is 4.79 Å². The van der Waals surface area contributed by atoms with Gasteiger partial charge in [-0.05, 0) is 30.1 Å². The molecule has 4 atom stereocenters. The van der Waals surface area contributed by atoms with Gasteiger partial charge in [-0.1, -0.05) is 27.2 Å². The van der Waals surface area contributed by atoms with Crippen molar-refractivity contribution in [1.29, 1.82) is 0 Å². The molecule has 1 aliphatic rings. The Labute approximate surface area is 148 Å². The fourth-order valence-electron chi connectivity index (χ4n) is 3.10. The lowest BCUT2D eigenvalue weighted by molar-refractivity contribution is -0.144. The van der Waals surface area contributed by atoms with Crippen molar-refractivity contribution in [1.82, 2.24) is 5.32 Å². The molecule has 0 bridgehead atoms. The van der Waals surface area contributed by atoms with E-state index in [1.54, 1.807) is 0 Å². The molecule has 0 heterocycles. The van der Waals surface area contributed by atoms with Gasteiger partial charge in [-0.2, -0.15) is 0 Å². The van der Waals surface area contributed by atoms with Crippen molar-refractivity contribution in [2.75, 3.05) is 13.2 Å². The third-order valence-electron chi connectivity index (χ3n) is 5.02. The van der Waals surface area contributed by atoms with Gasteiger partial charge in [-0.15, -0.1) is 0 Å². The standard InChI is InChI=1S/C17H30N2O6/c1-10-4-5-17(2,3)11(6-10)8-25-9-13(16(23)24)19-15(22)12(18)7-14(20)21/h10-13H,4-9,18H2,1-3H3,(H,19,22)(H,20,21)(H,23,24)/t10?,11?,12-,13-/m0/s1. The predicted molar refractivity (Wildman–Crippen MR) is 90.9 cm³/mol. The molecule has 1 rings (SSSR count). The third kappa shape index (κ3) is 6.99. The van der Waals surface area contributed by atoms with Crippen LogP contribution in [-0.2, 0) is 19.1 Å². The van der Waals surface area contributed by atoms with Gasteiger partial charge in [0.15, 0.2) is 6.04 Å². The molecular formula is C17H30N2O6. The molecule has 0 aliphatic heterocycles. The van der Waals surface area contributed by atoms with Crippen molar-refractivity contribution in [3.63, 3.8) is 0 Å². The van der Waals surface area contributed by atoms with Crippen LogP contribution in [0, 0.1) is 17.3 Å². The predicted octanol–water partition coefficient (Wildman–Crippen LogP) is 0.837. The highest BCUT2D eigenvalue weighted by atomic mass is 16.5. The van der Waals surface area contributed by atoms with Gasteiger partial charge in [0, 0.05) is 0 Å². The van der Waals surface area contributed by atoms with Crippen LogP contribution in [0.15, 0.2) is 0 Å². The Kier molecular flexibility index (Phi) is 7.82. The molecule has 8 heteroatoms. The minimum absolute atomic E-state index is 0.137. The molecule has 0 aromatic heterocycles. The topological polar surface area (TPSA) is 139 Å². The van der Waals surface area contributed by atoms with E-state index >= 15 is 0 Å². The number of aliphatic carboxylic acids is 2. The molecule has 1 aliphatic carbocycles. The largest absolute Gasteiger partial charge is 0.481 e. The Bertz CT molecular complexity index is 494. The zero-order valence-corrected chi connectivity index (χ0v) is 15.2. The number of hydrogen-bond donors (Lipinski definition) is 4. The molecule has 0 aromatic carbocycles. The fraction of sp³-hybridized carbons (Fsp3) is 0.824. The number of rotatable bonds is 9. The fourth-order valence-corrected chi connectivity index (χ4v) is 3.10. The lowest BCUT2D eigenvalue weighted by Crippen LogP contribution is -2.51. The number of carboxylic acids is 2. The van der Waals surface area contributed by atoms with E-state index in [9.17, 15) is 19.5 Å². The summed E-state index contributed by atoms with van der Waals surface area (Å²) >= 11 is 0. The minimum Gasteiger partial charge on any atom is -0.481 e. The van der Waals surface area contributed by atoms with Crippen molar-refractivity contribution in [2.24, 2.45) is 23.0 Å². The van der Waals surface area contributed by atoms with Crippen LogP contribution < -0.4 is 11.1 Å². The molecule has 144 valence electrons. The van der Waals surface area contributed by atoms with Gasteiger partial charge in [0.1, 0.15) is 0 Å². The van der Waals surface area contributed by atoms with E-state index in [0.717, 1.165) is 12.8 Å². The summed E-state index contributed by atoms with van der Waals surface area (Å²) in [4.78, 5) is 33.6. The van der Waals surface area contributed by atoms with Crippen molar-refractivity contribution in [2.45, 2.75) is 58.5 Å². The van der Waals surface area contributed by atoms with Gasteiger partial charge in [0.2, 0.25) is 5.91 Å². The number of ether oxygens (including phenoxy) is 1. The summed E-state index contributed by atoms with van der Waals surface area (Å²) in [5.74, 6) is -2.34. The number of carbonyl (C=O) groups excluding carboxylic acids is 1. The lowest BCUT2D eigenvalue weighted by Gasteiger charge is -2.41. The van der Waals surface area contributed by atoms with E-state index in [1.165, 1.54) is 6.42 Å². The van der Waals surface area contributed by atoms with Crippen LogP contribution in [0.2, 0.25) is 0 Å². The normalized spacial score (nSPS) is 25.0. The van der Waals surface area contributed by atoms with Gasteiger partial charge < -0.3 is 26.0 Å². The summed E-state index contributed by atoms with van der Waals surface area (Å²) in [6.45, 7) is 6.83. The second kappa shape index (κ2) is 9.15. The number of carbonyl (C=O) groups is 3. The van der Waals surface area contributed by atoms with Crippen molar-refractivity contribution in [3.8, 4) is 0 Å².